The second-order valence-corrected chi connectivity index (χ2v) is 4.38. The molecule has 0 saturated heterocycles. The molecule has 0 aliphatic heterocycles. The normalized spacial score (nSPS) is 10.7. The molecule has 0 saturated carbocycles. The van der Waals surface area contributed by atoms with Crippen LogP contribution in [0.4, 0.5) is 5.69 Å². The Hall–Kier alpha value is -2.13. The average molecular weight is 256 g/mol. The Bertz CT molecular complexity index is 711. The van der Waals surface area contributed by atoms with Gasteiger partial charge in [0.05, 0.1) is 10.7 Å². The standard InChI is InChI=1S/C14H10ClN3/c15-13-12-7-11(16)2-1-10(12)8-18-14(13)9-3-5-17-6-4-9/h1-8H,16H2. The molecule has 18 heavy (non-hydrogen) atoms. The SMILES string of the molecule is Nc1ccc2cnc(-c3ccncc3)c(Cl)c2c1. The van der Waals surface area contributed by atoms with Crippen LogP contribution in [0.15, 0.2) is 48.9 Å². The number of benzene rings is 1. The summed E-state index contributed by atoms with van der Waals surface area (Å²) in [7, 11) is 0. The van der Waals surface area contributed by atoms with Crippen molar-refractivity contribution in [2.75, 3.05) is 5.73 Å². The predicted octanol–water partition coefficient (Wildman–Crippen LogP) is 3.53. The van der Waals surface area contributed by atoms with Gasteiger partial charge in [-0.2, -0.15) is 0 Å². The van der Waals surface area contributed by atoms with E-state index in [1.165, 1.54) is 0 Å². The van der Waals surface area contributed by atoms with Gasteiger partial charge in [0.2, 0.25) is 0 Å². The molecule has 2 heterocycles. The summed E-state index contributed by atoms with van der Waals surface area (Å²) in [5, 5.41) is 2.51. The van der Waals surface area contributed by atoms with E-state index in [1.807, 2.05) is 30.3 Å². The van der Waals surface area contributed by atoms with Crippen LogP contribution in [-0.2, 0) is 0 Å². The van der Waals surface area contributed by atoms with Crippen LogP contribution >= 0.6 is 11.6 Å². The molecule has 88 valence electrons. The molecule has 3 nitrogen and oxygen atoms in total. The van der Waals surface area contributed by atoms with Crippen molar-refractivity contribution in [3.8, 4) is 11.3 Å². The monoisotopic (exact) mass is 255 g/mol. The number of rotatable bonds is 1. The highest BCUT2D eigenvalue weighted by molar-refractivity contribution is 6.38. The Kier molecular flexibility index (Phi) is 2.61. The van der Waals surface area contributed by atoms with Gasteiger partial charge >= 0.3 is 0 Å². The molecule has 0 unspecified atom stereocenters. The topological polar surface area (TPSA) is 51.8 Å². The van der Waals surface area contributed by atoms with Gasteiger partial charge in [-0.05, 0) is 24.3 Å². The van der Waals surface area contributed by atoms with E-state index in [2.05, 4.69) is 9.97 Å². The lowest BCUT2D eigenvalue weighted by atomic mass is 10.1. The van der Waals surface area contributed by atoms with Crippen LogP contribution in [0.2, 0.25) is 5.02 Å². The number of nitrogen functional groups attached to an aromatic ring is 1. The maximum absolute atomic E-state index is 6.41. The number of nitrogens with two attached hydrogens (primary N) is 1. The molecule has 0 bridgehead atoms. The van der Waals surface area contributed by atoms with Gasteiger partial charge in [0.1, 0.15) is 0 Å². The highest BCUT2D eigenvalue weighted by atomic mass is 35.5. The van der Waals surface area contributed by atoms with E-state index >= 15 is 0 Å². The minimum absolute atomic E-state index is 0.617. The number of aromatic nitrogens is 2. The molecular weight excluding hydrogens is 246 g/mol. The lowest BCUT2D eigenvalue weighted by Crippen LogP contribution is -1.89. The second kappa shape index (κ2) is 4.27. The third-order valence-corrected chi connectivity index (χ3v) is 3.19. The molecule has 4 heteroatoms. The number of halogens is 1. The molecule has 0 aliphatic rings. The minimum atomic E-state index is 0.617. The molecule has 3 rings (SSSR count). The highest BCUT2D eigenvalue weighted by Crippen LogP contribution is 2.32. The van der Waals surface area contributed by atoms with Crippen molar-refractivity contribution in [2.24, 2.45) is 0 Å². The van der Waals surface area contributed by atoms with Gasteiger partial charge in [0.25, 0.3) is 0 Å². The molecule has 0 amide bonds. The fraction of sp³-hybridized carbons (Fsp3) is 0. The first-order valence-corrected chi connectivity index (χ1v) is 5.87. The van der Waals surface area contributed by atoms with Crippen LogP contribution in [0.1, 0.15) is 0 Å². The fourth-order valence-electron chi connectivity index (χ4n) is 1.91. The largest absolute Gasteiger partial charge is 0.399 e. The first-order chi connectivity index (χ1) is 8.75. The van der Waals surface area contributed by atoms with Crippen molar-refractivity contribution < 1.29 is 0 Å². The molecule has 3 aromatic rings. The van der Waals surface area contributed by atoms with Gasteiger partial charge in [-0.3, -0.25) is 9.97 Å². The number of hydrogen-bond acceptors (Lipinski definition) is 3. The van der Waals surface area contributed by atoms with Crippen molar-refractivity contribution >= 4 is 28.1 Å². The van der Waals surface area contributed by atoms with Gasteiger partial charge in [0, 0.05) is 40.6 Å². The van der Waals surface area contributed by atoms with Crippen molar-refractivity contribution in [3.63, 3.8) is 0 Å². The van der Waals surface area contributed by atoms with E-state index in [9.17, 15) is 0 Å². The third-order valence-electron chi connectivity index (χ3n) is 2.81. The van der Waals surface area contributed by atoms with E-state index in [0.29, 0.717) is 10.7 Å². The van der Waals surface area contributed by atoms with Crippen molar-refractivity contribution in [1.29, 1.82) is 0 Å². The van der Waals surface area contributed by atoms with E-state index in [1.54, 1.807) is 18.6 Å². The van der Waals surface area contributed by atoms with Crippen LogP contribution in [0, 0.1) is 0 Å². The summed E-state index contributed by atoms with van der Waals surface area (Å²) in [4.78, 5) is 8.39. The Morgan fingerprint density at radius 3 is 2.61 bits per heavy atom. The van der Waals surface area contributed by atoms with E-state index in [-0.39, 0.29) is 0 Å². The number of anilines is 1. The Balaban J connectivity index is 2.29. The van der Waals surface area contributed by atoms with Gasteiger partial charge in [-0.25, -0.2) is 0 Å². The average Bonchev–Trinajstić information content (AvgIpc) is 2.41. The molecule has 0 atom stereocenters. The zero-order valence-electron chi connectivity index (χ0n) is 9.47. The Labute approximate surface area is 109 Å². The van der Waals surface area contributed by atoms with Gasteiger partial charge in [0.15, 0.2) is 0 Å². The van der Waals surface area contributed by atoms with Crippen LogP contribution in [0.25, 0.3) is 22.0 Å². The molecule has 1 aromatic carbocycles. The molecule has 0 fully saturated rings. The minimum Gasteiger partial charge on any atom is -0.399 e. The molecule has 0 aliphatic carbocycles. The Morgan fingerprint density at radius 2 is 1.83 bits per heavy atom. The summed E-state index contributed by atoms with van der Waals surface area (Å²) < 4.78 is 0. The summed E-state index contributed by atoms with van der Waals surface area (Å²) in [5.74, 6) is 0. The number of hydrogen-bond donors (Lipinski definition) is 1. The smallest absolute Gasteiger partial charge is 0.0895 e. The van der Waals surface area contributed by atoms with Gasteiger partial charge in [-0.1, -0.05) is 17.7 Å². The fourth-order valence-corrected chi connectivity index (χ4v) is 2.23. The number of pyridine rings is 2. The first kappa shape index (κ1) is 11.0. The van der Waals surface area contributed by atoms with E-state index in [0.717, 1.165) is 22.0 Å². The van der Waals surface area contributed by atoms with Crippen LogP contribution in [0.5, 0.6) is 0 Å². The highest BCUT2D eigenvalue weighted by Gasteiger charge is 2.09. The number of nitrogens with zero attached hydrogens (tertiary/aromatic N) is 2. The summed E-state index contributed by atoms with van der Waals surface area (Å²) in [5.41, 5.74) is 8.17. The predicted molar refractivity (Wildman–Crippen MR) is 74.4 cm³/mol. The molecular formula is C14H10ClN3. The van der Waals surface area contributed by atoms with Crippen LogP contribution < -0.4 is 5.73 Å². The molecule has 0 spiro atoms. The Morgan fingerprint density at radius 1 is 1.06 bits per heavy atom. The summed E-state index contributed by atoms with van der Waals surface area (Å²) >= 11 is 6.41. The molecule has 2 aromatic heterocycles. The summed E-state index contributed by atoms with van der Waals surface area (Å²) in [6.07, 6.45) is 5.24. The summed E-state index contributed by atoms with van der Waals surface area (Å²) in [6, 6.07) is 9.38. The van der Waals surface area contributed by atoms with E-state index < -0.39 is 0 Å². The second-order valence-electron chi connectivity index (χ2n) is 4.00. The number of fused-ring (bicyclic) bond motifs is 1. The zero-order valence-corrected chi connectivity index (χ0v) is 10.2. The summed E-state index contributed by atoms with van der Waals surface area (Å²) in [6.45, 7) is 0. The maximum atomic E-state index is 6.41. The first-order valence-electron chi connectivity index (χ1n) is 5.50. The zero-order chi connectivity index (χ0) is 12.5. The van der Waals surface area contributed by atoms with Crippen molar-refractivity contribution in [1.82, 2.24) is 9.97 Å². The van der Waals surface area contributed by atoms with Crippen LogP contribution in [0.3, 0.4) is 0 Å². The lowest BCUT2D eigenvalue weighted by molar-refractivity contribution is 1.30. The van der Waals surface area contributed by atoms with Gasteiger partial charge < -0.3 is 5.73 Å². The lowest BCUT2D eigenvalue weighted by Gasteiger charge is -2.07. The quantitative estimate of drug-likeness (QED) is 0.677. The van der Waals surface area contributed by atoms with Crippen molar-refractivity contribution in [2.45, 2.75) is 0 Å². The van der Waals surface area contributed by atoms with E-state index in [4.69, 9.17) is 17.3 Å². The maximum Gasteiger partial charge on any atom is 0.0895 e. The van der Waals surface area contributed by atoms with Crippen molar-refractivity contribution in [3.05, 3.63) is 53.9 Å². The third kappa shape index (κ3) is 1.79. The molecule has 0 radical (unpaired) electrons. The van der Waals surface area contributed by atoms with Gasteiger partial charge in [-0.15, -0.1) is 0 Å². The van der Waals surface area contributed by atoms with Crippen LogP contribution in [-0.4, -0.2) is 9.97 Å². The molecule has 2 N–H and O–H groups in total.